The van der Waals surface area contributed by atoms with Gasteiger partial charge >= 0.3 is 5.97 Å². The SMILES string of the molecule is COC(=O)c1ccc(C(C)(C)C)cc1F. The van der Waals surface area contributed by atoms with E-state index in [0.29, 0.717) is 0 Å². The van der Waals surface area contributed by atoms with Crippen LogP contribution in [0, 0.1) is 5.82 Å². The molecule has 0 N–H and O–H groups in total. The molecule has 0 aliphatic carbocycles. The number of hydrogen-bond acceptors (Lipinski definition) is 2. The number of carbonyl (C=O) groups is 1. The fourth-order valence-electron chi connectivity index (χ4n) is 1.26. The minimum atomic E-state index is -0.645. The van der Waals surface area contributed by atoms with E-state index in [4.69, 9.17) is 0 Å². The lowest BCUT2D eigenvalue weighted by Gasteiger charge is -2.19. The van der Waals surface area contributed by atoms with Gasteiger partial charge in [-0.05, 0) is 23.1 Å². The van der Waals surface area contributed by atoms with Gasteiger partial charge in [0.05, 0.1) is 12.7 Å². The predicted molar refractivity (Wildman–Crippen MR) is 56.4 cm³/mol. The molecule has 82 valence electrons. The molecule has 0 radical (unpaired) electrons. The Hall–Kier alpha value is -1.38. The smallest absolute Gasteiger partial charge is 0.340 e. The molecule has 0 aliphatic rings. The largest absolute Gasteiger partial charge is 0.465 e. The fourth-order valence-corrected chi connectivity index (χ4v) is 1.26. The van der Waals surface area contributed by atoms with Gasteiger partial charge in [0.2, 0.25) is 0 Å². The van der Waals surface area contributed by atoms with Crippen molar-refractivity contribution in [3.63, 3.8) is 0 Å². The van der Waals surface area contributed by atoms with Gasteiger partial charge in [-0.1, -0.05) is 26.8 Å². The molecule has 0 heterocycles. The normalized spacial score (nSPS) is 11.3. The molecule has 0 atom stereocenters. The minimum absolute atomic E-state index is 0.0227. The summed E-state index contributed by atoms with van der Waals surface area (Å²) in [5.41, 5.74) is 0.702. The lowest BCUT2D eigenvalue weighted by molar-refractivity contribution is 0.0595. The number of benzene rings is 1. The van der Waals surface area contributed by atoms with Crippen LogP contribution in [-0.4, -0.2) is 13.1 Å². The van der Waals surface area contributed by atoms with Crippen molar-refractivity contribution < 1.29 is 13.9 Å². The topological polar surface area (TPSA) is 26.3 Å². The summed E-state index contributed by atoms with van der Waals surface area (Å²) in [7, 11) is 1.24. The second kappa shape index (κ2) is 4.01. The van der Waals surface area contributed by atoms with Gasteiger partial charge in [0, 0.05) is 0 Å². The highest BCUT2D eigenvalue weighted by Gasteiger charge is 2.18. The number of methoxy groups -OCH3 is 1. The molecule has 0 bridgehead atoms. The van der Waals surface area contributed by atoms with Gasteiger partial charge in [-0.15, -0.1) is 0 Å². The Morgan fingerprint density at radius 1 is 1.33 bits per heavy atom. The molecule has 0 saturated carbocycles. The maximum atomic E-state index is 13.5. The second-order valence-corrected chi connectivity index (χ2v) is 4.44. The van der Waals surface area contributed by atoms with Crippen molar-refractivity contribution in [1.29, 1.82) is 0 Å². The minimum Gasteiger partial charge on any atom is -0.465 e. The first kappa shape index (κ1) is 11.7. The summed E-state index contributed by atoms with van der Waals surface area (Å²) in [6.45, 7) is 5.96. The molecule has 3 heteroatoms. The van der Waals surface area contributed by atoms with E-state index in [2.05, 4.69) is 4.74 Å². The van der Waals surface area contributed by atoms with Crippen LogP contribution in [0.1, 0.15) is 36.7 Å². The molecule has 0 aliphatic heterocycles. The zero-order valence-corrected chi connectivity index (χ0v) is 9.43. The highest BCUT2D eigenvalue weighted by molar-refractivity contribution is 5.89. The lowest BCUT2D eigenvalue weighted by atomic mass is 9.86. The van der Waals surface area contributed by atoms with E-state index in [1.165, 1.54) is 19.2 Å². The van der Waals surface area contributed by atoms with Gasteiger partial charge in [0.15, 0.2) is 0 Å². The van der Waals surface area contributed by atoms with E-state index in [9.17, 15) is 9.18 Å². The summed E-state index contributed by atoms with van der Waals surface area (Å²) in [5.74, 6) is -1.18. The van der Waals surface area contributed by atoms with Crippen LogP contribution in [0.15, 0.2) is 18.2 Å². The molecular weight excluding hydrogens is 195 g/mol. The lowest BCUT2D eigenvalue weighted by Crippen LogP contribution is -2.13. The third kappa shape index (κ3) is 2.55. The molecule has 0 saturated heterocycles. The summed E-state index contributed by atoms with van der Waals surface area (Å²) < 4.78 is 18.0. The number of carbonyl (C=O) groups excluding carboxylic acids is 1. The Morgan fingerprint density at radius 2 is 1.93 bits per heavy atom. The van der Waals surface area contributed by atoms with Crippen molar-refractivity contribution in [2.24, 2.45) is 0 Å². The maximum absolute atomic E-state index is 13.5. The quantitative estimate of drug-likeness (QED) is 0.666. The number of esters is 1. The standard InChI is InChI=1S/C12H15FO2/c1-12(2,3)8-5-6-9(10(13)7-8)11(14)15-4/h5-7H,1-4H3. The zero-order valence-electron chi connectivity index (χ0n) is 9.43. The molecule has 0 amide bonds. The molecule has 0 spiro atoms. The summed E-state index contributed by atoms with van der Waals surface area (Å²) in [6.07, 6.45) is 0. The molecule has 1 aromatic carbocycles. The van der Waals surface area contributed by atoms with Gasteiger partial charge in [0.25, 0.3) is 0 Å². The first-order valence-corrected chi connectivity index (χ1v) is 4.74. The van der Waals surface area contributed by atoms with Gasteiger partial charge in [-0.3, -0.25) is 0 Å². The number of hydrogen-bond donors (Lipinski definition) is 0. The Balaban J connectivity index is 3.15. The highest BCUT2D eigenvalue weighted by Crippen LogP contribution is 2.24. The van der Waals surface area contributed by atoms with Crippen LogP contribution >= 0.6 is 0 Å². The summed E-state index contributed by atoms with van der Waals surface area (Å²) >= 11 is 0. The molecule has 2 nitrogen and oxygen atoms in total. The van der Waals surface area contributed by atoms with E-state index in [1.54, 1.807) is 6.07 Å². The third-order valence-corrected chi connectivity index (χ3v) is 2.24. The van der Waals surface area contributed by atoms with Crippen LogP contribution in [0.4, 0.5) is 4.39 Å². The van der Waals surface area contributed by atoms with Crippen molar-refractivity contribution in [3.8, 4) is 0 Å². The average molecular weight is 210 g/mol. The van der Waals surface area contributed by atoms with Gasteiger partial charge in [-0.2, -0.15) is 0 Å². The summed E-state index contributed by atoms with van der Waals surface area (Å²) in [6, 6.07) is 4.59. The summed E-state index contributed by atoms with van der Waals surface area (Å²) in [5, 5.41) is 0. The van der Waals surface area contributed by atoms with Crippen molar-refractivity contribution in [2.45, 2.75) is 26.2 Å². The van der Waals surface area contributed by atoms with Gasteiger partial charge in [-0.25, -0.2) is 9.18 Å². The van der Waals surface area contributed by atoms with E-state index >= 15 is 0 Å². The Morgan fingerprint density at radius 3 is 2.33 bits per heavy atom. The van der Waals surface area contributed by atoms with Crippen LogP contribution < -0.4 is 0 Å². The number of rotatable bonds is 1. The van der Waals surface area contributed by atoms with Crippen molar-refractivity contribution in [1.82, 2.24) is 0 Å². The van der Waals surface area contributed by atoms with Crippen molar-refractivity contribution in [3.05, 3.63) is 35.1 Å². The van der Waals surface area contributed by atoms with E-state index < -0.39 is 11.8 Å². The first-order chi connectivity index (χ1) is 6.86. The Labute approximate surface area is 89.1 Å². The van der Waals surface area contributed by atoms with Crippen molar-refractivity contribution in [2.75, 3.05) is 7.11 Å². The predicted octanol–water partition coefficient (Wildman–Crippen LogP) is 2.91. The molecule has 1 aromatic rings. The van der Waals surface area contributed by atoms with E-state index in [1.807, 2.05) is 20.8 Å². The van der Waals surface area contributed by atoms with Crippen LogP contribution in [0.5, 0.6) is 0 Å². The molecule has 15 heavy (non-hydrogen) atoms. The van der Waals surface area contributed by atoms with E-state index in [-0.39, 0.29) is 11.0 Å². The molecular formula is C12H15FO2. The molecule has 0 aromatic heterocycles. The average Bonchev–Trinajstić information content (AvgIpc) is 2.15. The number of halogens is 1. The molecule has 0 unspecified atom stereocenters. The fraction of sp³-hybridized carbons (Fsp3) is 0.417. The Bertz CT molecular complexity index is 378. The van der Waals surface area contributed by atoms with Gasteiger partial charge < -0.3 is 4.74 Å². The third-order valence-electron chi connectivity index (χ3n) is 2.24. The highest BCUT2D eigenvalue weighted by atomic mass is 19.1. The van der Waals surface area contributed by atoms with Crippen LogP contribution in [0.2, 0.25) is 0 Å². The Kier molecular flexibility index (Phi) is 3.12. The second-order valence-electron chi connectivity index (χ2n) is 4.44. The summed E-state index contributed by atoms with van der Waals surface area (Å²) in [4.78, 5) is 11.1. The molecule has 0 fully saturated rings. The maximum Gasteiger partial charge on any atom is 0.340 e. The number of ether oxygens (including phenoxy) is 1. The van der Waals surface area contributed by atoms with Crippen LogP contribution in [-0.2, 0) is 10.2 Å². The van der Waals surface area contributed by atoms with Crippen LogP contribution in [0.3, 0.4) is 0 Å². The monoisotopic (exact) mass is 210 g/mol. The molecule has 1 rings (SSSR count). The zero-order chi connectivity index (χ0) is 11.6. The van der Waals surface area contributed by atoms with Gasteiger partial charge in [0.1, 0.15) is 5.82 Å². The first-order valence-electron chi connectivity index (χ1n) is 4.74. The van der Waals surface area contributed by atoms with Crippen LogP contribution in [0.25, 0.3) is 0 Å². The van der Waals surface area contributed by atoms with Crippen molar-refractivity contribution >= 4 is 5.97 Å². The van der Waals surface area contributed by atoms with E-state index in [0.717, 1.165) is 5.56 Å².